The molecule has 0 aliphatic rings. The molecule has 0 fully saturated rings. The Hall–Kier alpha value is -1.92. The number of nitro groups is 1. The summed E-state index contributed by atoms with van der Waals surface area (Å²) in [7, 11) is 0. The fourth-order valence-corrected chi connectivity index (χ4v) is 2.09. The predicted octanol–water partition coefficient (Wildman–Crippen LogP) is 3.40. The van der Waals surface area contributed by atoms with Gasteiger partial charge >= 0.3 is 0 Å². The number of rotatable bonds is 5. The van der Waals surface area contributed by atoms with E-state index in [9.17, 15) is 10.1 Å². The maximum atomic E-state index is 10.6. The molecule has 0 bridgehead atoms. The Bertz CT molecular complexity index is 614. The molecule has 0 aromatic heterocycles. The first kappa shape index (κ1) is 14.5. The first-order valence-electron chi connectivity index (χ1n) is 5.95. The summed E-state index contributed by atoms with van der Waals surface area (Å²) in [4.78, 5) is 10.1. The lowest BCUT2D eigenvalue weighted by Crippen LogP contribution is -2.00. The van der Waals surface area contributed by atoms with Crippen LogP contribution in [0.4, 0.5) is 5.69 Å². The van der Waals surface area contributed by atoms with E-state index < -0.39 is 4.92 Å². The third kappa shape index (κ3) is 3.55. The van der Waals surface area contributed by atoms with Gasteiger partial charge in [-0.25, -0.2) is 0 Å². The van der Waals surface area contributed by atoms with Crippen molar-refractivity contribution in [3.05, 3.63) is 68.2 Å². The minimum Gasteiger partial charge on any atom is -0.489 e. The van der Waals surface area contributed by atoms with Gasteiger partial charge in [-0.1, -0.05) is 15.9 Å². The van der Waals surface area contributed by atoms with Gasteiger partial charge in [0.05, 0.1) is 4.92 Å². The molecule has 0 saturated heterocycles. The van der Waals surface area contributed by atoms with Crippen LogP contribution in [0.15, 0.2) is 46.9 Å². The second kappa shape index (κ2) is 6.49. The van der Waals surface area contributed by atoms with Crippen LogP contribution in [0, 0.1) is 10.1 Å². The topological polar surface area (TPSA) is 78.4 Å². The van der Waals surface area contributed by atoms with Gasteiger partial charge in [-0.05, 0) is 41.5 Å². The Morgan fingerprint density at radius 3 is 2.50 bits per heavy atom. The predicted molar refractivity (Wildman–Crippen MR) is 79.5 cm³/mol. The smallest absolute Gasteiger partial charge is 0.269 e. The molecule has 6 heteroatoms. The zero-order chi connectivity index (χ0) is 14.5. The molecule has 0 spiro atoms. The zero-order valence-corrected chi connectivity index (χ0v) is 12.2. The van der Waals surface area contributed by atoms with E-state index in [1.54, 1.807) is 12.1 Å². The van der Waals surface area contributed by atoms with Crippen LogP contribution in [0.3, 0.4) is 0 Å². The first-order valence-corrected chi connectivity index (χ1v) is 6.74. The molecule has 2 rings (SSSR count). The van der Waals surface area contributed by atoms with Crippen molar-refractivity contribution in [2.75, 3.05) is 0 Å². The third-order valence-corrected chi connectivity index (χ3v) is 3.56. The fourth-order valence-electron chi connectivity index (χ4n) is 1.68. The van der Waals surface area contributed by atoms with Gasteiger partial charge in [-0.15, -0.1) is 0 Å². The van der Waals surface area contributed by atoms with Crippen molar-refractivity contribution in [2.45, 2.75) is 13.2 Å². The van der Waals surface area contributed by atoms with Crippen LogP contribution in [-0.4, -0.2) is 4.92 Å². The average molecular weight is 337 g/mol. The Labute approximate surface area is 124 Å². The molecule has 20 heavy (non-hydrogen) atoms. The molecule has 2 N–H and O–H groups in total. The van der Waals surface area contributed by atoms with Crippen LogP contribution in [0.2, 0.25) is 0 Å². The van der Waals surface area contributed by atoms with Gasteiger partial charge < -0.3 is 10.5 Å². The van der Waals surface area contributed by atoms with Crippen molar-refractivity contribution in [1.82, 2.24) is 0 Å². The van der Waals surface area contributed by atoms with E-state index >= 15 is 0 Å². The van der Waals surface area contributed by atoms with Gasteiger partial charge in [0, 0.05) is 23.2 Å². The van der Waals surface area contributed by atoms with Crippen molar-refractivity contribution >= 4 is 21.6 Å². The van der Waals surface area contributed by atoms with Crippen molar-refractivity contribution in [1.29, 1.82) is 0 Å². The molecule has 0 unspecified atom stereocenters. The van der Waals surface area contributed by atoms with Crippen LogP contribution in [0.1, 0.15) is 11.1 Å². The monoisotopic (exact) mass is 336 g/mol. The molecule has 0 aliphatic heterocycles. The Morgan fingerprint density at radius 1 is 1.20 bits per heavy atom. The molecule has 104 valence electrons. The summed E-state index contributed by atoms with van der Waals surface area (Å²) in [6, 6.07) is 11.9. The number of hydrogen-bond acceptors (Lipinski definition) is 4. The standard InChI is InChI=1S/C14H13BrN2O3/c15-14-6-5-13(7-11(14)8-16)20-9-10-1-3-12(4-2-10)17(18)19/h1-7H,8-9,16H2. The van der Waals surface area contributed by atoms with E-state index in [4.69, 9.17) is 10.5 Å². The molecule has 2 aromatic carbocycles. The summed E-state index contributed by atoms with van der Waals surface area (Å²) in [6.07, 6.45) is 0. The second-order valence-corrected chi connectivity index (χ2v) is 5.02. The van der Waals surface area contributed by atoms with E-state index in [-0.39, 0.29) is 5.69 Å². The van der Waals surface area contributed by atoms with Gasteiger partial charge in [-0.3, -0.25) is 10.1 Å². The number of ether oxygens (including phenoxy) is 1. The molecular weight excluding hydrogens is 324 g/mol. The van der Waals surface area contributed by atoms with E-state index in [0.29, 0.717) is 18.9 Å². The number of halogens is 1. The van der Waals surface area contributed by atoms with Crippen molar-refractivity contribution in [3.63, 3.8) is 0 Å². The van der Waals surface area contributed by atoms with E-state index in [2.05, 4.69) is 15.9 Å². The summed E-state index contributed by atoms with van der Waals surface area (Å²) < 4.78 is 6.59. The van der Waals surface area contributed by atoms with Crippen LogP contribution in [-0.2, 0) is 13.2 Å². The maximum Gasteiger partial charge on any atom is 0.269 e. The minimum atomic E-state index is -0.424. The minimum absolute atomic E-state index is 0.0720. The van der Waals surface area contributed by atoms with E-state index in [1.165, 1.54) is 12.1 Å². The molecule has 2 aromatic rings. The van der Waals surface area contributed by atoms with Crippen LogP contribution in [0.5, 0.6) is 5.75 Å². The first-order chi connectivity index (χ1) is 9.60. The van der Waals surface area contributed by atoms with Crippen molar-refractivity contribution in [3.8, 4) is 5.75 Å². The Kier molecular flexibility index (Phi) is 4.70. The zero-order valence-electron chi connectivity index (χ0n) is 10.6. The lowest BCUT2D eigenvalue weighted by Gasteiger charge is -2.08. The summed E-state index contributed by atoms with van der Waals surface area (Å²) >= 11 is 3.41. The number of non-ortho nitro benzene ring substituents is 1. The van der Waals surface area contributed by atoms with Crippen LogP contribution < -0.4 is 10.5 Å². The summed E-state index contributed by atoms with van der Waals surface area (Å²) in [6.45, 7) is 0.777. The Balaban J connectivity index is 2.03. The van der Waals surface area contributed by atoms with Crippen LogP contribution >= 0.6 is 15.9 Å². The van der Waals surface area contributed by atoms with Crippen molar-refractivity contribution < 1.29 is 9.66 Å². The average Bonchev–Trinajstić information content (AvgIpc) is 2.46. The maximum absolute atomic E-state index is 10.6. The SMILES string of the molecule is NCc1cc(OCc2ccc([N+](=O)[O-])cc2)ccc1Br. The van der Waals surface area contributed by atoms with Gasteiger partial charge in [0.15, 0.2) is 0 Å². The van der Waals surface area contributed by atoms with E-state index in [1.807, 2.05) is 18.2 Å². The van der Waals surface area contributed by atoms with E-state index in [0.717, 1.165) is 15.6 Å². The van der Waals surface area contributed by atoms with Gasteiger partial charge in [0.1, 0.15) is 12.4 Å². The fraction of sp³-hybridized carbons (Fsp3) is 0.143. The van der Waals surface area contributed by atoms with Crippen molar-refractivity contribution in [2.24, 2.45) is 5.73 Å². The molecular formula is C14H13BrN2O3. The van der Waals surface area contributed by atoms with Gasteiger partial charge in [-0.2, -0.15) is 0 Å². The quantitative estimate of drug-likeness (QED) is 0.670. The van der Waals surface area contributed by atoms with Crippen LogP contribution in [0.25, 0.3) is 0 Å². The summed E-state index contributed by atoms with van der Waals surface area (Å²) in [5.74, 6) is 0.715. The van der Waals surface area contributed by atoms with Gasteiger partial charge in [0.25, 0.3) is 5.69 Å². The molecule has 0 atom stereocenters. The second-order valence-electron chi connectivity index (χ2n) is 4.17. The lowest BCUT2D eigenvalue weighted by molar-refractivity contribution is -0.384. The normalized spacial score (nSPS) is 10.3. The largest absolute Gasteiger partial charge is 0.489 e. The number of nitro benzene ring substituents is 1. The third-order valence-electron chi connectivity index (χ3n) is 2.79. The number of benzene rings is 2. The lowest BCUT2D eigenvalue weighted by atomic mass is 10.2. The molecule has 0 aliphatic carbocycles. The number of nitrogens with two attached hydrogens (primary N) is 1. The molecule has 5 nitrogen and oxygen atoms in total. The molecule has 0 heterocycles. The number of nitrogens with zero attached hydrogens (tertiary/aromatic N) is 1. The molecule has 0 radical (unpaired) electrons. The number of hydrogen-bond donors (Lipinski definition) is 1. The Morgan fingerprint density at radius 2 is 1.90 bits per heavy atom. The highest BCUT2D eigenvalue weighted by molar-refractivity contribution is 9.10. The summed E-state index contributed by atoms with van der Waals surface area (Å²) in [5.41, 5.74) is 7.53. The highest BCUT2D eigenvalue weighted by Crippen LogP contribution is 2.23. The highest BCUT2D eigenvalue weighted by Gasteiger charge is 2.05. The van der Waals surface area contributed by atoms with Gasteiger partial charge in [0.2, 0.25) is 0 Å². The molecule has 0 saturated carbocycles. The highest BCUT2D eigenvalue weighted by atomic mass is 79.9. The molecule has 0 amide bonds. The summed E-state index contributed by atoms with van der Waals surface area (Å²) in [5, 5.41) is 10.6.